The van der Waals surface area contributed by atoms with Crippen molar-refractivity contribution >= 4 is 0 Å². The lowest BCUT2D eigenvalue weighted by Gasteiger charge is -2.28. The van der Waals surface area contributed by atoms with Crippen molar-refractivity contribution in [2.24, 2.45) is 0 Å². The average Bonchev–Trinajstić information content (AvgIpc) is 2.30. The molecule has 0 amide bonds. The molecule has 72 valence electrons. The molecule has 1 N–H and O–H groups in total. The molecule has 1 saturated heterocycles. The van der Waals surface area contributed by atoms with Crippen LogP contribution in [0.1, 0.15) is 46.5 Å². The number of ether oxygens (including phenoxy) is 1. The second-order valence-electron chi connectivity index (χ2n) is 4.41. The van der Waals surface area contributed by atoms with Gasteiger partial charge in [0, 0.05) is 0 Å². The van der Waals surface area contributed by atoms with Crippen molar-refractivity contribution in [1.29, 1.82) is 0 Å². The van der Waals surface area contributed by atoms with Gasteiger partial charge in [-0.3, -0.25) is 0 Å². The number of hydrogen-bond acceptors (Lipinski definition) is 2. The number of rotatable bonds is 3. The summed E-state index contributed by atoms with van der Waals surface area (Å²) in [5.41, 5.74) is -0.254. The van der Waals surface area contributed by atoms with E-state index in [4.69, 9.17) is 9.84 Å². The third-order valence-corrected chi connectivity index (χ3v) is 2.79. The molecule has 1 rings (SSSR count). The van der Waals surface area contributed by atoms with Crippen LogP contribution in [0.2, 0.25) is 0 Å². The van der Waals surface area contributed by atoms with E-state index in [9.17, 15) is 0 Å². The first kappa shape index (κ1) is 10.0. The summed E-state index contributed by atoms with van der Waals surface area (Å²) in [4.78, 5) is 0. The molecule has 0 aromatic heterocycles. The minimum atomic E-state index is -0.274. The first-order chi connectivity index (χ1) is 5.54. The zero-order valence-electron chi connectivity index (χ0n) is 8.39. The molecule has 1 heterocycles. The summed E-state index contributed by atoms with van der Waals surface area (Å²) in [5.74, 6) is 0. The third kappa shape index (κ3) is 1.99. The van der Waals surface area contributed by atoms with Gasteiger partial charge in [-0.05, 0) is 33.1 Å². The molecule has 2 unspecified atom stereocenters. The van der Waals surface area contributed by atoms with E-state index >= 15 is 0 Å². The van der Waals surface area contributed by atoms with Gasteiger partial charge in [-0.15, -0.1) is 0 Å². The molecule has 0 aromatic rings. The van der Waals surface area contributed by atoms with Crippen LogP contribution in [0.25, 0.3) is 0 Å². The highest BCUT2D eigenvalue weighted by Gasteiger charge is 2.42. The predicted octanol–water partition coefficient (Wildman–Crippen LogP) is 2.11. The predicted molar refractivity (Wildman–Crippen MR) is 49.1 cm³/mol. The van der Waals surface area contributed by atoms with Crippen molar-refractivity contribution < 1.29 is 9.84 Å². The van der Waals surface area contributed by atoms with E-state index in [1.807, 2.05) is 6.92 Å². The van der Waals surface area contributed by atoms with Crippen LogP contribution in [0.4, 0.5) is 0 Å². The molecule has 0 aromatic carbocycles. The van der Waals surface area contributed by atoms with Crippen molar-refractivity contribution in [2.45, 2.75) is 57.7 Å². The van der Waals surface area contributed by atoms with Crippen LogP contribution in [0.5, 0.6) is 0 Å². The Labute approximate surface area is 74.9 Å². The summed E-state index contributed by atoms with van der Waals surface area (Å²) in [7, 11) is 0. The highest BCUT2D eigenvalue weighted by molar-refractivity contribution is 4.91. The van der Waals surface area contributed by atoms with Crippen LogP contribution in [-0.4, -0.2) is 22.9 Å². The van der Waals surface area contributed by atoms with Crippen LogP contribution in [0, 0.1) is 0 Å². The highest BCUT2D eigenvalue weighted by atomic mass is 16.5. The van der Waals surface area contributed by atoms with Gasteiger partial charge in [-0.1, -0.05) is 13.3 Å². The van der Waals surface area contributed by atoms with E-state index in [2.05, 4.69) is 13.8 Å². The third-order valence-electron chi connectivity index (χ3n) is 2.79. The van der Waals surface area contributed by atoms with E-state index in [1.165, 1.54) is 0 Å². The summed E-state index contributed by atoms with van der Waals surface area (Å²) < 4.78 is 5.88. The SMILES string of the molecule is CCCC1(C)CCC(C)(CO)O1. The van der Waals surface area contributed by atoms with Gasteiger partial charge in [0.2, 0.25) is 0 Å². The largest absolute Gasteiger partial charge is 0.393 e. The molecule has 1 aliphatic heterocycles. The summed E-state index contributed by atoms with van der Waals surface area (Å²) in [6, 6.07) is 0. The van der Waals surface area contributed by atoms with Crippen molar-refractivity contribution in [3.05, 3.63) is 0 Å². The van der Waals surface area contributed by atoms with Gasteiger partial charge >= 0.3 is 0 Å². The Hall–Kier alpha value is -0.0800. The van der Waals surface area contributed by atoms with Crippen molar-refractivity contribution in [3.8, 4) is 0 Å². The molecule has 0 spiro atoms. The number of aliphatic hydroxyl groups excluding tert-OH is 1. The van der Waals surface area contributed by atoms with E-state index in [1.54, 1.807) is 0 Å². The van der Waals surface area contributed by atoms with Gasteiger partial charge < -0.3 is 9.84 Å². The zero-order valence-corrected chi connectivity index (χ0v) is 8.39. The fourth-order valence-electron chi connectivity index (χ4n) is 2.04. The van der Waals surface area contributed by atoms with E-state index in [0.29, 0.717) is 0 Å². The second-order valence-corrected chi connectivity index (χ2v) is 4.41. The van der Waals surface area contributed by atoms with Crippen LogP contribution in [0.3, 0.4) is 0 Å². The normalized spacial score (nSPS) is 42.0. The Kier molecular flexibility index (Phi) is 2.79. The standard InChI is InChI=1S/C10H20O2/c1-4-5-9(2)6-7-10(3,8-11)12-9/h11H,4-8H2,1-3H3. The second kappa shape index (κ2) is 3.35. The molecule has 1 fully saturated rings. The molecular formula is C10H20O2. The molecule has 0 bridgehead atoms. The maximum atomic E-state index is 9.10. The molecule has 2 nitrogen and oxygen atoms in total. The van der Waals surface area contributed by atoms with Gasteiger partial charge in [-0.2, -0.15) is 0 Å². The smallest absolute Gasteiger partial charge is 0.0892 e. The zero-order chi connectivity index (χ0) is 9.24. The molecule has 0 radical (unpaired) electrons. The van der Waals surface area contributed by atoms with E-state index in [0.717, 1.165) is 25.7 Å². The summed E-state index contributed by atoms with van der Waals surface area (Å²) in [5, 5.41) is 9.10. The van der Waals surface area contributed by atoms with Gasteiger partial charge in [0.15, 0.2) is 0 Å². The van der Waals surface area contributed by atoms with E-state index < -0.39 is 0 Å². The molecule has 0 aliphatic carbocycles. The summed E-state index contributed by atoms with van der Waals surface area (Å²) in [6.45, 7) is 6.46. The monoisotopic (exact) mass is 172 g/mol. The first-order valence-corrected chi connectivity index (χ1v) is 4.85. The molecule has 2 atom stereocenters. The van der Waals surface area contributed by atoms with E-state index in [-0.39, 0.29) is 17.8 Å². The fraction of sp³-hybridized carbons (Fsp3) is 1.00. The Morgan fingerprint density at radius 1 is 1.25 bits per heavy atom. The maximum Gasteiger partial charge on any atom is 0.0892 e. The van der Waals surface area contributed by atoms with Gasteiger partial charge in [0.05, 0.1) is 17.8 Å². The lowest BCUT2D eigenvalue weighted by Crippen LogP contribution is -2.34. The van der Waals surface area contributed by atoms with Crippen molar-refractivity contribution in [1.82, 2.24) is 0 Å². The lowest BCUT2D eigenvalue weighted by atomic mass is 9.95. The van der Waals surface area contributed by atoms with Gasteiger partial charge in [-0.25, -0.2) is 0 Å². The van der Waals surface area contributed by atoms with Crippen LogP contribution >= 0.6 is 0 Å². The molecule has 1 aliphatic rings. The summed E-state index contributed by atoms with van der Waals surface area (Å²) in [6.07, 6.45) is 4.32. The van der Waals surface area contributed by atoms with Crippen LogP contribution in [0.15, 0.2) is 0 Å². The van der Waals surface area contributed by atoms with Crippen molar-refractivity contribution in [3.63, 3.8) is 0 Å². The topological polar surface area (TPSA) is 29.5 Å². The molecular weight excluding hydrogens is 152 g/mol. The molecule has 2 heteroatoms. The Bertz CT molecular complexity index is 158. The quantitative estimate of drug-likeness (QED) is 0.706. The Morgan fingerprint density at radius 3 is 2.25 bits per heavy atom. The molecule has 12 heavy (non-hydrogen) atoms. The first-order valence-electron chi connectivity index (χ1n) is 4.85. The van der Waals surface area contributed by atoms with Gasteiger partial charge in [0.25, 0.3) is 0 Å². The van der Waals surface area contributed by atoms with Crippen LogP contribution < -0.4 is 0 Å². The lowest BCUT2D eigenvalue weighted by molar-refractivity contribution is -0.110. The molecule has 0 saturated carbocycles. The van der Waals surface area contributed by atoms with Crippen molar-refractivity contribution in [2.75, 3.05) is 6.61 Å². The maximum absolute atomic E-state index is 9.10. The number of hydrogen-bond donors (Lipinski definition) is 1. The highest BCUT2D eigenvalue weighted by Crippen LogP contribution is 2.39. The van der Waals surface area contributed by atoms with Gasteiger partial charge in [0.1, 0.15) is 0 Å². The minimum absolute atomic E-state index is 0.0201. The summed E-state index contributed by atoms with van der Waals surface area (Å²) >= 11 is 0. The Morgan fingerprint density at radius 2 is 1.83 bits per heavy atom. The fourth-order valence-corrected chi connectivity index (χ4v) is 2.04. The minimum Gasteiger partial charge on any atom is -0.393 e. The number of aliphatic hydroxyl groups is 1. The van der Waals surface area contributed by atoms with Crippen LogP contribution in [-0.2, 0) is 4.74 Å². The average molecular weight is 172 g/mol. The Balaban J connectivity index is 2.53.